The molecule has 0 aromatic rings. The van der Waals surface area contributed by atoms with E-state index >= 15 is 0 Å². The number of carboxylic acids is 1. The van der Waals surface area contributed by atoms with E-state index in [2.05, 4.69) is 55.2 Å². The summed E-state index contributed by atoms with van der Waals surface area (Å²) in [4.78, 5) is 36.6. The standard InChI is InChI=1S/C26H52N8O10.C25H49N7O11.CH3F/c1-29-26(35)2-8-36-14-20-42-23-17-39-11-5-34(6-12-40-18-24-43-21-15-37-9-3-30-32-27)7-13-41-19-25-44-22-16-38-10-4-31-33-28;26-30-28-2-8-36-14-20-42-23-17-39-11-5-32(4-10-38-16-22-41-19-13-35-7-1-25(33)34)6-12-40-18-24-43-21-15-37-9-3-29-31-27;1-2/h2-25H2,1H3,(H,29,35);1-24H2,(H,33,34);1H3/i;;1D. The molecule has 0 heterocycles. The highest BCUT2D eigenvalue weighted by molar-refractivity contribution is 5.75. The highest BCUT2D eigenvalue weighted by atomic mass is 19.1. The molecule has 0 aromatic carbocycles. The van der Waals surface area contributed by atoms with Gasteiger partial charge in [0, 0.05) is 98.6 Å². The molecule has 0 rings (SSSR count). The number of amides is 1. The first-order valence-electron chi connectivity index (χ1n) is 30.2. The van der Waals surface area contributed by atoms with Gasteiger partial charge in [-0.3, -0.25) is 23.8 Å². The minimum absolute atomic E-state index is 0.0212. The Hall–Kier alpha value is -4.69. The minimum atomic E-state index is -1.00. The van der Waals surface area contributed by atoms with Gasteiger partial charge in [0.05, 0.1) is 253 Å². The molecule has 0 spiro atoms. The summed E-state index contributed by atoms with van der Waals surface area (Å²) in [5.41, 5.74) is 32.8. The average Bonchev–Trinajstić information content (AvgIpc) is 3.55. The summed E-state index contributed by atoms with van der Waals surface area (Å²) in [5, 5.41) is 24.7. The molecule has 1 amide bonds. The maximum atomic E-state index is 11.1. The Balaban J connectivity index is -0.00000161. The number of aliphatic carboxylic acids is 1. The number of ether oxygens (including phenoxy) is 18. The third kappa shape index (κ3) is 83.3. The highest BCUT2D eigenvalue weighted by Gasteiger charge is 2.08. The van der Waals surface area contributed by atoms with Crippen molar-refractivity contribution in [3.05, 3.63) is 41.8 Å². The molecule has 0 aliphatic carbocycles. The lowest BCUT2D eigenvalue weighted by molar-refractivity contribution is -0.138. The van der Waals surface area contributed by atoms with Gasteiger partial charge in [-0.25, -0.2) is 0 Å². The van der Waals surface area contributed by atoms with Crippen LogP contribution in [-0.2, 0) is 94.9 Å². The van der Waals surface area contributed by atoms with Gasteiger partial charge in [-0.15, -0.1) is 0 Å². The Morgan fingerprint density at radius 1 is 0.348 bits per heavy atom. The fourth-order valence-electron chi connectivity index (χ4n) is 6.13. The van der Waals surface area contributed by atoms with Crippen molar-refractivity contribution < 1.29 is 106 Å². The van der Waals surface area contributed by atoms with Crippen molar-refractivity contribution in [1.82, 2.24) is 15.1 Å². The molecule has 0 unspecified atom stereocenters. The van der Waals surface area contributed by atoms with Gasteiger partial charge >= 0.3 is 5.97 Å². The molecular weight excluding hydrogens is 1190 g/mol. The van der Waals surface area contributed by atoms with Gasteiger partial charge in [0.25, 0.3) is 0 Å². The van der Waals surface area contributed by atoms with Crippen molar-refractivity contribution in [2.24, 2.45) is 20.5 Å². The average molecular weight is 1300 g/mol. The molecule has 89 heavy (non-hydrogen) atoms. The van der Waals surface area contributed by atoms with E-state index in [1.54, 1.807) is 7.05 Å². The molecule has 37 heteroatoms. The summed E-state index contributed by atoms with van der Waals surface area (Å²) in [5.74, 6) is -0.937. The van der Waals surface area contributed by atoms with Crippen molar-refractivity contribution in [1.29, 1.82) is 0 Å². The van der Waals surface area contributed by atoms with E-state index in [1.807, 2.05) is 0 Å². The molecule has 0 fully saturated rings. The second kappa shape index (κ2) is 83.3. The summed E-state index contributed by atoms with van der Waals surface area (Å²) < 4.78 is 114. The van der Waals surface area contributed by atoms with Gasteiger partial charge in [-0.1, -0.05) is 20.5 Å². The fraction of sp³-hybridized carbons (Fsp3) is 0.962. The zero-order valence-corrected chi connectivity index (χ0v) is 52.4. The molecule has 0 saturated heterocycles. The largest absolute Gasteiger partial charge is 0.481 e. The van der Waals surface area contributed by atoms with E-state index in [9.17, 15) is 14.0 Å². The number of halogens is 1. The molecule has 0 saturated carbocycles. The first-order chi connectivity index (χ1) is 44.4. The Labute approximate surface area is 524 Å². The Morgan fingerprint density at radius 2 is 0.517 bits per heavy atom. The number of hydrogen-bond donors (Lipinski definition) is 2. The number of hydrogen-bond acceptors (Lipinski definition) is 26. The number of carbonyl (C=O) groups excluding carboxylic acids is 1. The number of rotatable bonds is 72. The van der Waals surface area contributed by atoms with Crippen molar-refractivity contribution in [2.45, 2.75) is 12.8 Å². The van der Waals surface area contributed by atoms with Gasteiger partial charge in [-0.05, 0) is 22.1 Å². The maximum absolute atomic E-state index is 11.1. The number of azide groups is 4. The van der Waals surface area contributed by atoms with Crippen LogP contribution in [-0.4, -0.2) is 344 Å². The van der Waals surface area contributed by atoms with Crippen LogP contribution >= 0.6 is 0 Å². The minimum Gasteiger partial charge on any atom is -0.481 e. The van der Waals surface area contributed by atoms with Crippen LogP contribution in [0.4, 0.5) is 4.39 Å². The van der Waals surface area contributed by atoms with Gasteiger partial charge < -0.3 is 95.7 Å². The smallest absolute Gasteiger partial charge is 0.305 e. The monoisotopic (exact) mass is 1290 g/mol. The molecule has 0 aliphatic heterocycles. The van der Waals surface area contributed by atoms with Crippen LogP contribution in [0.2, 0.25) is 0 Å². The van der Waals surface area contributed by atoms with Gasteiger partial charge in [0.2, 0.25) is 5.91 Å². The predicted octanol–water partition coefficient (Wildman–Crippen LogP) is 3.31. The molecule has 0 aliphatic rings. The topological polar surface area (TPSA) is 434 Å². The Kier molecular flexibility index (Phi) is 80.8. The van der Waals surface area contributed by atoms with Crippen molar-refractivity contribution in [2.75, 3.05) is 317 Å². The summed E-state index contributed by atoms with van der Waals surface area (Å²) in [7, 11) is 0.596. The van der Waals surface area contributed by atoms with Crippen LogP contribution in [0.3, 0.4) is 0 Å². The van der Waals surface area contributed by atoms with E-state index in [1.165, 1.54) is 0 Å². The summed E-state index contributed by atoms with van der Waals surface area (Å²) in [6.45, 7) is 21.3. The molecule has 36 nitrogen and oxygen atoms in total. The number of carbonyl (C=O) groups is 2. The van der Waals surface area contributed by atoms with Crippen molar-refractivity contribution in [3.63, 3.8) is 0 Å². The first kappa shape index (κ1) is 86.4. The van der Waals surface area contributed by atoms with E-state index in [0.29, 0.717) is 303 Å². The molecular formula is C52H104FN15O21. The first-order valence-corrected chi connectivity index (χ1v) is 29.5. The fourth-order valence-corrected chi connectivity index (χ4v) is 6.13. The maximum Gasteiger partial charge on any atom is 0.305 e. The second-order valence-corrected chi connectivity index (χ2v) is 17.1. The van der Waals surface area contributed by atoms with E-state index in [-0.39, 0.29) is 18.9 Å². The molecule has 0 bridgehead atoms. The van der Waals surface area contributed by atoms with Crippen molar-refractivity contribution >= 4 is 11.9 Å². The van der Waals surface area contributed by atoms with Crippen LogP contribution in [0, 0.1) is 0 Å². The SMILES string of the molecule is CNC(=O)CCOCCOCCOCCN(CCOCCOCCOCCN=[N+]=[N-])CCOCCOCCOCCN=[N+]=[N-].[2H]CF.[N-]=[N+]=NCCOCCOCCOCCN(CCOCCOCCOCCN=[N+]=[N-])CCOCCOCCOCCC(=O)O. The number of carboxylic acid groups (broad SMARTS) is 1. The van der Waals surface area contributed by atoms with Gasteiger partial charge in [-0.2, -0.15) is 0 Å². The van der Waals surface area contributed by atoms with Crippen LogP contribution in [0.15, 0.2) is 20.5 Å². The summed E-state index contributed by atoms with van der Waals surface area (Å²) in [6.07, 6.45) is 0.315. The normalized spacial score (nSPS) is 10.9. The van der Waals surface area contributed by atoms with Crippen LogP contribution in [0.1, 0.15) is 14.2 Å². The molecule has 520 valence electrons. The lowest BCUT2D eigenvalue weighted by Crippen LogP contribution is -2.34. The Morgan fingerprint density at radius 3 is 0.697 bits per heavy atom. The summed E-state index contributed by atoms with van der Waals surface area (Å²) >= 11 is 0. The lowest BCUT2D eigenvalue weighted by Gasteiger charge is -2.22. The zero-order chi connectivity index (χ0) is 66.0. The molecule has 0 atom stereocenters. The van der Waals surface area contributed by atoms with Crippen LogP contribution in [0.5, 0.6) is 0 Å². The number of alkyl halides is 1. The summed E-state index contributed by atoms with van der Waals surface area (Å²) in [6, 6.07) is 0. The highest BCUT2D eigenvalue weighted by Crippen LogP contribution is 1.96. The van der Waals surface area contributed by atoms with Crippen molar-refractivity contribution in [3.8, 4) is 0 Å². The third-order valence-corrected chi connectivity index (χ3v) is 10.6. The predicted molar refractivity (Wildman–Crippen MR) is 322 cm³/mol. The third-order valence-electron chi connectivity index (χ3n) is 10.6. The quantitative estimate of drug-likeness (QED) is 0.0382. The number of nitrogens with one attached hydrogen (secondary N) is 1. The molecule has 2 N–H and O–H groups in total. The Bertz CT molecular complexity index is 1600. The van der Waals surface area contributed by atoms with E-state index < -0.39 is 13.1 Å². The van der Waals surface area contributed by atoms with Gasteiger partial charge in [0.15, 0.2) is 0 Å². The van der Waals surface area contributed by atoms with Crippen LogP contribution in [0.25, 0.3) is 41.8 Å². The van der Waals surface area contributed by atoms with E-state index in [0.717, 1.165) is 0 Å². The van der Waals surface area contributed by atoms with Crippen LogP contribution < -0.4 is 5.32 Å². The lowest BCUT2D eigenvalue weighted by atomic mass is 10.4. The number of nitrogens with zero attached hydrogens (tertiary/aromatic N) is 14. The van der Waals surface area contributed by atoms with E-state index in [4.69, 9.17) is 114 Å². The molecule has 0 radical (unpaired) electrons. The second-order valence-electron chi connectivity index (χ2n) is 17.1. The van der Waals surface area contributed by atoms with Gasteiger partial charge in [0.1, 0.15) is 0 Å². The molecule has 0 aromatic heterocycles. The zero-order valence-electron chi connectivity index (χ0n) is 53.4.